The number of hydrazine groups is 1. The molecule has 3 rings (SSSR count). The number of rotatable bonds is 7. The van der Waals surface area contributed by atoms with Crippen LogP contribution in [0.3, 0.4) is 0 Å². The molecule has 1 unspecified atom stereocenters. The van der Waals surface area contributed by atoms with Crippen molar-refractivity contribution in [1.29, 1.82) is 0 Å². The number of pyridine rings is 1. The van der Waals surface area contributed by atoms with Crippen LogP contribution in [0.1, 0.15) is 27.3 Å². The van der Waals surface area contributed by atoms with E-state index < -0.39 is 23.8 Å². The molecule has 0 saturated carbocycles. The molecule has 0 aliphatic rings. The fraction of sp³-hybridized carbons (Fsp3) is 0.182. The lowest BCUT2D eigenvalue weighted by Gasteiger charge is -2.19. The molecular formula is C22H20Cl2N4O3S. The summed E-state index contributed by atoms with van der Waals surface area (Å²) in [7, 11) is 0. The third-order valence-corrected chi connectivity index (χ3v) is 5.73. The number of nitrogens with one attached hydrogen (secondary N) is 3. The second-order valence-corrected chi connectivity index (χ2v) is 8.59. The summed E-state index contributed by atoms with van der Waals surface area (Å²) in [5, 5.41) is 4.13. The number of nitrogens with zero attached hydrogens (tertiary/aromatic N) is 1. The van der Waals surface area contributed by atoms with Crippen molar-refractivity contribution in [1.82, 2.24) is 21.2 Å². The van der Waals surface area contributed by atoms with E-state index in [2.05, 4.69) is 21.2 Å². The van der Waals surface area contributed by atoms with Gasteiger partial charge in [-0.2, -0.15) is 11.8 Å². The number of benzene rings is 2. The highest BCUT2D eigenvalue weighted by atomic mass is 35.5. The molecule has 3 amide bonds. The van der Waals surface area contributed by atoms with E-state index in [4.69, 9.17) is 23.2 Å². The van der Waals surface area contributed by atoms with Crippen LogP contribution in [-0.4, -0.2) is 40.8 Å². The van der Waals surface area contributed by atoms with Gasteiger partial charge in [0, 0.05) is 10.4 Å². The molecule has 0 spiro atoms. The number of hydrogen-bond acceptors (Lipinski definition) is 5. The van der Waals surface area contributed by atoms with E-state index in [-0.39, 0.29) is 16.3 Å². The monoisotopic (exact) mass is 490 g/mol. The molecule has 0 aliphatic heterocycles. The maximum Gasteiger partial charge on any atom is 0.288 e. The predicted molar refractivity (Wildman–Crippen MR) is 128 cm³/mol. The lowest BCUT2D eigenvalue weighted by Crippen LogP contribution is -2.52. The number of carbonyl (C=O) groups is 3. The first-order valence-corrected chi connectivity index (χ1v) is 11.7. The standard InChI is InChI=1S/C22H20Cl2N4O3S/c1-32-11-10-19(26-20(29)15-8-7-14(23)12-16(15)24)22(31)28-27-21(30)18-9-6-13-4-2-3-5-17(13)25-18/h2-9,12,19H,10-11H2,1H3,(H,26,29)(H,27,30)(H,28,31). The zero-order valence-corrected chi connectivity index (χ0v) is 19.4. The van der Waals surface area contributed by atoms with Crippen LogP contribution in [0, 0.1) is 0 Å². The smallest absolute Gasteiger partial charge is 0.288 e. The Kier molecular flexibility index (Phi) is 8.33. The first-order chi connectivity index (χ1) is 15.4. The van der Waals surface area contributed by atoms with Gasteiger partial charge in [-0.05, 0) is 48.8 Å². The highest BCUT2D eigenvalue weighted by Crippen LogP contribution is 2.21. The van der Waals surface area contributed by atoms with E-state index in [1.807, 2.05) is 24.5 Å². The third-order valence-electron chi connectivity index (χ3n) is 4.54. The van der Waals surface area contributed by atoms with Gasteiger partial charge in [-0.3, -0.25) is 25.2 Å². The summed E-state index contributed by atoms with van der Waals surface area (Å²) in [6.07, 6.45) is 2.24. The maximum atomic E-state index is 12.7. The second kappa shape index (κ2) is 11.2. The van der Waals surface area contributed by atoms with Crippen LogP contribution in [0.2, 0.25) is 10.0 Å². The number of carbonyl (C=O) groups excluding carboxylic acids is 3. The third kappa shape index (κ3) is 6.12. The fourth-order valence-electron chi connectivity index (χ4n) is 2.88. The Morgan fingerprint density at radius 1 is 1.00 bits per heavy atom. The van der Waals surface area contributed by atoms with Crippen LogP contribution in [0.5, 0.6) is 0 Å². The number of fused-ring (bicyclic) bond motifs is 1. The Morgan fingerprint density at radius 2 is 1.78 bits per heavy atom. The molecule has 0 radical (unpaired) electrons. The fourth-order valence-corrected chi connectivity index (χ4v) is 3.84. The lowest BCUT2D eigenvalue weighted by atomic mass is 10.1. The number of hydrogen-bond donors (Lipinski definition) is 3. The lowest BCUT2D eigenvalue weighted by molar-refractivity contribution is -0.123. The highest BCUT2D eigenvalue weighted by molar-refractivity contribution is 7.98. The molecule has 1 aromatic heterocycles. The van der Waals surface area contributed by atoms with Crippen LogP contribution in [0.25, 0.3) is 10.9 Å². The Bertz CT molecular complexity index is 1160. The first kappa shape index (κ1) is 23.8. The van der Waals surface area contributed by atoms with Gasteiger partial charge in [0.15, 0.2) is 0 Å². The zero-order valence-electron chi connectivity index (χ0n) is 17.0. The van der Waals surface area contributed by atoms with E-state index in [0.29, 0.717) is 22.7 Å². The van der Waals surface area contributed by atoms with Gasteiger partial charge in [0.05, 0.1) is 16.1 Å². The van der Waals surface area contributed by atoms with Gasteiger partial charge in [0.25, 0.3) is 17.7 Å². The Labute approximate surface area is 199 Å². The van der Waals surface area contributed by atoms with Crippen LogP contribution >= 0.6 is 35.0 Å². The zero-order chi connectivity index (χ0) is 23.1. The van der Waals surface area contributed by atoms with E-state index in [9.17, 15) is 14.4 Å². The van der Waals surface area contributed by atoms with Crippen molar-refractivity contribution in [2.75, 3.05) is 12.0 Å². The number of aromatic nitrogens is 1. The number of para-hydroxylation sites is 1. The van der Waals surface area contributed by atoms with Crippen LogP contribution in [0.4, 0.5) is 0 Å². The minimum Gasteiger partial charge on any atom is -0.340 e. The topological polar surface area (TPSA) is 100 Å². The van der Waals surface area contributed by atoms with Crippen molar-refractivity contribution in [3.63, 3.8) is 0 Å². The van der Waals surface area contributed by atoms with Gasteiger partial charge in [-0.15, -0.1) is 0 Å². The van der Waals surface area contributed by atoms with Crippen LogP contribution in [-0.2, 0) is 4.79 Å². The average molecular weight is 491 g/mol. The quantitative estimate of drug-likeness (QED) is 0.436. The van der Waals surface area contributed by atoms with Crippen molar-refractivity contribution in [2.45, 2.75) is 12.5 Å². The molecule has 10 heteroatoms. The number of halogens is 2. The van der Waals surface area contributed by atoms with Crippen LogP contribution < -0.4 is 16.2 Å². The van der Waals surface area contributed by atoms with Gasteiger partial charge in [-0.1, -0.05) is 47.5 Å². The van der Waals surface area contributed by atoms with Crippen molar-refractivity contribution >= 4 is 63.6 Å². The molecule has 2 aromatic carbocycles. The molecule has 0 saturated heterocycles. The Balaban J connectivity index is 1.65. The van der Waals surface area contributed by atoms with Crippen LogP contribution in [0.15, 0.2) is 54.6 Å². The molecule has 7 nitrogen and oxygen atoms in total. The number of thioether (sulfide) groups is 1. The minimum absolute atomic E-state index is 0.154. The predicted octanol–water partition coefficient (Wildman–Crippen LogP) is 3.85. The highest BCUT2D eigenvalue weighted by Gasteiger charge is 2.23. The molecular weight excluding hydrogens is 471 g/mol. The van der Waals surface area contributed by atoms with Gasteiger partial charge in [0.2, 0.25) is 0 Å². The summed E-state index contributed by atoms with van der Waals surface area (Å²) in [5.41, 5.74) is 5.73. The van der Waals surface area contributed by atoms with Gasteiger partial charge < -0.3 is 5.32 Å². The van der Waals surface area contributed by atoms with Gasteiger partial charge >= 0.3 is 0 Å². The summed E-state index contributed by atoms with van der Waals surface area (Å²) in [4.78, 5) is 42.0. The largest absolute Gasteiger partial charge is 0.340 e. The molecule has 166 valence electrons. The summed E-state index contributed by atoms with van der Waals surface area (Å²) >= 11 is 13.5. The molecule has 32 heavy (non-hydrogen) atoms. The maximum absolute atomic E-state index is 12.7. The van der Waals surface area contributed by atoms with E-state index >= 15 is 0 Å². The molecule has 0 fully saturated rings. The summed E-state index contributed by atoms with van der Waals surface area (Å²) in [6.45, 7) is 0. The normalized spacial score (nSPS) is 11.6. The molecule has 3 N–H and O–H groups in total. The van der Waals surface area contributed by atoms with Crippen molar-refractivity contribution in [3.05, 3.63) is 75.9 Å². The van der Waals surface area contributed by atoms with E-state index in [1.165, 1.54) is 30.0 Å². The summed E-state index contributed by atoms with van der Waals surface area (Å²) in [5.74, 6) is -1.03. The van der Waals surface area contributed by atoms with Crippen molar-refractivity contribution in [3.8, 4) is 0 Å². The summed E-state index contributed by atoms with van der Waals surface area (Å²) in [6, 6.07) is 14.3. The first-order valence-electron chi connectivity index (χ1n) is 9.60. The molecule has 0 aliphatic carbocycles. The SMILES string of the molecule is CSCCC(NC(=O)c1ccc(Cl)cc1Cl)C(=O)NNC(=O)c1ccc2ccccc2n1. The van der Waals surface area contributed by atoms with Crippen molar-refractivity contribution < 1.29 is 14.4 Å². The Morgan fingerprint density at radius 3 is 2.53 bits per heavy atom. The van der Waals surface area contributed by atoms with E-state index in [1.54, 1.807) is 18.2 Å². The average Bonchev–Trinajstić information content (AvgIpc) is 2.79. The van der Waals surface area contributed by atoms with E-state index in [0.717, 1.165) is 5.39 Å². The van der Waals surface area contributed by atoms with Gasteiger partial charge in [-0.25, -0.2) is 4.98 Å². The number of amides is 3. The minimum atomic E-state index is -0.883. The molecule has 0 bridgehead atoms. The summed E-state index contributed by atoms with van der Waals surface area (Å²) < 4.78 is 0. The Hall–Kier alpha value is -2.81. The molecule has 1 heterocycles. The molecule has 1 atom stereocenters. The van der Waals surface area contributed by atoms with Crippen molar-refractivity contribution in [2.24, 2.45) is 0 Å². The van der Waals surface area contributed by atoms with Gasteiger partial charge in [0.1, 0.15) is 11.7 Å². The second-order valence-electron chi connectivity index (χ2n) is 6.76. The molecule has 3 aromatic rings.